The van der Waals surface area contributed by atoms with Crippen LogP contribution in [0.2, 0.25) is 0 Å². The maximum absolute atomic E-state index is 14.1. The van der Waals surface area contributed by atoms with Crippen LogP contribution >= 0.6 is 70.2 Å². The fourth-order valence-electron chi connectivity index (χ4n) is 11.6. The molecule has 0 radical (unpaired) electrons. The molecule has 1 atom stereocenters. The number of sulfone groups is 1. The Morgan fingerprint density at radius 2 is 0.926 bits per heavy atom. The minimum absolute atomic E-state index is 0. The average Bonchev–Trinajstić information content (AvgIpc) is 1.64. The van der Waals surface area contributed by atoms with E-state index in [-0.39, 0.29) is 145 Å². The van der Waals surface area contributed by atoms with Crippen LogP contribution in [0.25, 0.3) is 5.32 Å². The average molecular weight is 1790 g/mol. The molecular weight excluding hydrogens is 1690 g/mol. The van der Waals surface area contributed by atoms with Gasteiger partial charge in [0.15, 0.2) is 26.5 Å². The number of rotatable bonds is 34. The van der Waals surface area contributed by atoms with Gasteiger partial charge in [-0.05, 0) is 143 Å². The zero-order valence-corrected chi connectivity index (χ0v) is 72.4. The summed E-state index contributed by atoms with van der Waals surface area (Å²) in [6.45, 7) is 7.78. The number of imide groups is 5. The third kappa shape index (κ3) is 30.3. The molecule has 1 saturated carbocycles. The summed E-state index contributed by atoms with van der Waals surface area (Å²) in [7, 11) is -1.68. The van der Waals surface area contributed by atoms with E-state index in [1.54, 1.807) is 116 Å². The van der Waals surface area contributed by atoms with Crippen molar-refractivity contribution >= 4 is 153 Å². The molecule has 2 fully saturated rings. The third-order valence-electron chi connectivity index (χ3n) is 17.7. The molecule has 5 heterocycles. The molecule has 5 aromatic carbocycles. The Balaban J connectivity index is 0.000000244. The summed E-state index contributed by atoms with van der Waals surface area (Å²) in [4.78, 5) is 133. The first-order chi connectivity index (χ1) is 51.1. The van der Waals surface area contributed by atoms with Gasteiger partial charge in [-0.25, -0.2) is 26.0 Å². The van der Waals surface area contributed by atoms with E-state index in [1.165, 1.54) is 56.7 Å². The molecule has 580 valence electrons. The molecule has 22 nitrogen and oxygen atoms in total. The van der Waals surface area contributed by atoms with E-state index in [2.05, 4.69) is 58.4 Å². The Morgan fingerprint density at radius 3 is 1.30 bits per heavy atom. The number of hydrogen-bond acceptors (Lipinski definition) is 17. The van der Waals surface area contributed by atoms with Gasteiger partial charge in [0.1, 0.15) is 6.54 Å². The number of nitrogens with zero attached hydrogens (tertiary/aromatic N) is 5. The Hall–Kier alpha value is -5.38. The number of amides is 11. The van der Waals surface area contributed by atoms with E-state index < -0.39 is 36.5 Å². The summed E-state index contributed by atoms with van der Waals surface area (Å²) in [6, 6.07) is 31.6. The van der Waals surface area contributed by atoms with Crippen LogP contribution in [-0.4, -0.2) is 179 Å². The van der Waals surface area contributed by atoms with Crippen molar-refractivity contribution in [3.05, 3.63) is 176 Å². The van der Waals surface area contributed by atoms with E-state index in [4.69, 9.17) is 15.4 Å². The molecule has 31 heteroatoms. The first-order valence-electron chi connectivity index (χ1n) is 35.8. The summed E-state index contributed by atoms with van der Waals surface area (Å²) in [5.74, 6) is -1.53. The molecule has 6 aliphatic rings. The number of halogens is 5. The van der Waals surface area contributed by atoms with Gasteiger partial charge in [-0.2, -0.15) is 0 Å². The number of carbonyl (C=O) groups is 11. The van der Waals surface area contributed by atoms with Crippen molar-refractivity contribution in [1.82, 2.24) is 24.9 Å². The molecule has 1 unspecified atom stereocenters. The number of urea groups is 1. The van der Waals surface area contributed by atoms with Crippen molar-refractivity contribution in [2.24, 2.45) is 11.8 Å². The number of nitrogens with one attached hydrogen (secondary N) is 1. The molecule has 0 bridgehead atoms. The summed E-state index contributed by atoms with van der Waals surface area (Å²) < 4.78 is 66.8. The van der Waals surface area contributed by atoms with Gasteiger partial charge in [-0.1, -0.05) is 172 Å². The van der Waals surface area contributed by atoms with Crippen molar-refractivity contribution in [2.75, 3.05) is 78.3 Å². The van der Waals surface area contributed by atoms with Crippen LogP contribution in [0.15, 0.2) is 115 Å². The largest absolute Gasteiger partial charge is 1.00 e. The van der Waals surface area contributed by atoms with Crippen molar-refractivity contribution < 1.29 is 130 Å². The second-order valence-electron chi connectivity index (χ2n) is 26.3. The Morgan fingerprint density at radius 1 is 0.546 bits per heavy atom. The maximum Gasteiger partial charge on any atom is 1.00 e. The molecule has 5 aliphatic heterocycles. The Labute approximate surface area is 709 Å². The van der Waals surface area contributed by atoms with Gasteiger partial charge in [0.2, 0.25) is 15.0 Å². The van der Waals surface area contributed by atoms with Gasteiger partial charge in [0.25, 0.3) is 35.4 Å². The van der Waals surface area contributed by atoms with Crippen LogP contribution in [0.3, 0.4) is 0 Å². The number of hydrogen-bond donors (Lipinski definition) is 1. The first-order valence-corrected chi connectivity index (χ1v) is 44.5. The number of thioether (sulfide) groups is 1. The quantitative estimate of drug-likeness (QED) is 0.00999. The molecule has 11 amide bonds. The number of unbranched alkanes of at least 4 members (excludes halogenated alkanes) is 10. The topological polar surface area (TPSA) is 304 Å². The van der Waals surface area contributed by atoms with E-state index >= 15 is 0 Å². The van der Waals surface area contributed by atoms with Gasteiger partial charge >= 0.3 is 57.4 Å². The first kappa shape index (κ1) is 93.2. The van der Waals surface area contributed by atoms with Crippen LogP contribution < -0.4 is 61.4 Å². The van der Waals surface area contributed by atoms with Gasteiger partial charge in [-0.3, -0.25) is 58.4 Å². The SMILES string of the molecule is BrCCCCCBr.CC(=O)SCCCCCN1C(=O)c2ccccc2C1=O.CC(C)C(CS(=O)(=O)CCCCCN1CC(=O)NC1=O)c1ccc(F)c(OCC2CC2)c1.O=C1[N-]C(=O)c2ccccc21.O=C1c2ccccc2C(=O)N1CCCCCBr.O=C1c2ccccc2C(=O)N1CCCCCS(=O)(=O)Cl.[K+]. The number of carbonyl (C=O) groups excluding carboxylic acids is 11. The second kappa shape index (κ2) is 47.9. The second-order valence-corrected chi connectivity index (χ2v) is 35.1. The van der Waals surface area contributed by atoms with Gasteiger partial charge < -0.3 is 24.5 Å². The number of benzene rings is 5. The monoisotopic (exact) mass is 1780 g/mol. The van der Waals surface area contributed by atoms with Crippen molar-refractivity contribution in [1.29, 1.82) is 0 Å². The maximum atomic E-state index is 14.1. The fraction of sp³-hybridized carbons (Fsp3) is 0.468. The van der Waals surface area contributed by atoms with Crippen LogP contribution in [0.5, 0.6) is 5.75 Å². The number of fused-ring (bicyclic) bond motifs is 4. The van der Waals surface area contributed by atoms with Crippen LogP contribution in [0, 0.1) is 17.7 Å². The smallest absolute Gasteiger partial charge is 0.587 e. The van der Waals surface area contributed by atoms with Crippen molar-refractivity contribution in [3.8, 4) is 5.75 Å². The summed E-state index contributed by atoms with van der Waals surface area (Å²) >= 11 is 11.4. The minimum atomic E-state index is -3.46. The molecule has 0 aromatic heterocycles. The summed E-state index contributed by atoms with van der Waals surface area (Å²) in [5.41, 5.74) is 4.56. The van der Waals surface area contributed by atoms with Crippen molar-refractivity contribution in [2.45, 2.75) is 136 Å². The molecule has 5 aromatic rings. The Bertz CT molecular complexity index is 4060. The van der Waals surface area contributed by atoms with E-state index in [0.29, 0.717) is 122 Å². The zero-order chi connectivity index (χ0) is 78.2. The standard InChI is InChI=1S/C23H33FN2O5S.C15H17NO3S.C13H14BrNO2.C13H14ClNO4S.C8H5NO2.C5H10Br2.K/c1-16(2)19(18-8-9-20(24)21(12-18)31-14-17-6-7-17)15-32(29,30)11-5-3-4-10-26-13-22(27)25-23(26)28;1-11(17)20-10-6-2-5-9-16-14(18)12-7-3-4-8-13(12)15(16)19;14-8-4-1-5-9-15-12(16)10-6-2-3-7-11(10)13(15)17;14-20(18,19)9-5-1-4-8-15-12(16)10-6-2-3-7-11(10)13(15)17;10-7-5-3-1-2-4-6(5)8(11)9-7;6-4-2-1-3-5-7;/h8-9,12,16-17,19H,3-7,10-11,13-15H2,1-2H3,(H,25,27,28);3-4,7-8H,2,5-6,9-10H2,1H3;2-3,6-7H,1,4-5,8-9H2;2-3,6-7H,1,4-5,8-9H2;1-4H,(H,9,10,11);1-5H2;/q;;;;;;+1/p-1. The zero-order valence-electron chi connectivity index (χ0n) is 61.3. The van der Waals surface area contributed by atoms with Gasteiger partial charge in [0.05, 0.1) is 69.1 Å². The molecule has 0 spiro atoms. The normalized spacial score (nSPS) is 14.9. The Kier molecular flexibility index (Phi) is 41.3. The molecular formula is C77H92Br3ClFKN6O16S3. The van der Waals surface area contributed by atoms with E-state index in [0.717, 1.165) is 78.7 Å². The molecule has 1 aliphatic carbocycles. The summed E-state index contributed by atoms with van der Waals surface area (Å²) in [6.07, 6.45) is 15.2. The molecule has 1 N–H and O–H groups in total. The third-order valence-corrected chi connectivity index (χ3v) is 23.3. The predicted octanol–water partition coefficient (Wildman–Crippen LogP) is 12.4. The minimum Gasteiger partial charge on any atom is -0.587 e. The van der Waals surface area contributed by atoms with Gasteiger partial charge in [0, 0.05) is 82.6 Å². The van der Waals surface area contributed by atoms with Crippen LogP contribution in [-0.2, 0) is 28.5 Å². The van der Waals surface area contributed by atoms with Crippen LogP contribution in [0.1, 0.15) is 224 Å². The fourth-order valence-corrected chi connectivity index (χ4v) is 16.3. The van der Waals surface area contributed by atoms with Gasteiger partial charge in [-0.15, -0.1) is 0 Å². The molecule has 108 heavy (non-hydrogen) atoms. The molecule has 11 rings (SSSR count). The number of ether oxygens (including phenoxy) is 1. The van der Waals surface area contributed by atoms with Crippen molar-refractivity contribution in [3.63, 3.8) is 0 Å². The predicted molar refractivity (Wildman–Crippen MR) is 423 cm³/mol. The van der Waals surface area contributed by atoms with E-state index in [9.17, 15) is 74.0 Å². The van der Waals surface area contributed by atoms with E-state index in [1.807, 2.05) is 13.8 Å². The number of alkyl halides is 3. The molecule has 1 saturated heterocycles. The summed E-state index contributed by atoms with van der Waals surface area (Å²) in [5, 5.41) is 8.91. The van der Waals surface area contributed by atoms with Crippen LogP contribution in [0.4, 0.5) is 9.18 Å².